The lowest BCUT2D eigenvalue weighted by Gasteiger charge is -2.02. The van der Waals surface area contributed by atoms with E-state index in [9.17, 15) is 14.9 Å². The van der Waals surface area contributed by atoms with Gasteiger partial charge in [-0.05, 0) is 6.07 Å². The monoisotopic (exact) mass is 206 g/mol. The van der Waals surface area contributed by atoms with Crippen molar-refractivity contribution in [2.24, 2.45) is 0 Å². The van der Waals surface area contributed by atoms with Gasteiger partial charge >= 0.3 is 5.97 Å². The summed E-state index contributed by atoms with van der Waals surface area (Å²) in [7, 11) is 0. The Morgan fingerprint density at radius 1 is 1.60 bits per heavy atom. The number of rotatable bonds is 2. The van der Waals surface area contributed by atoms with E-state index in [1.807, 2.05) is 0 Å². The predicted octanol–water partition coefficient (Wildman–Crippen LogP) is 1.39. The molecule has 76 valence electrons. The fraction of sp³-hybridized carbons (Fsp3) is 0.111. The van der Waals surface area contributed by atoms with E-state index in [1.165, 1.54) is 19.1 Å². The number of carbonyl (C=O) groups excluding carboxylic acids is 1. The maximum absolute atomic E-state index is 10.6. The van der Waals surface area contributed by atoms with Gasteiger partial charge in [0.25, 0.3) is 5.69 Å². The SMILES string of the molecule is CC(=O)Oc1ccc([N+](=O)[O-])cc1C#N. The molecular weight excluding hydrogens is 200 g/mol. The smallest absolute Gasteiger partial charge is 0.308 e. The molecule has 0 radical (unpaired) electrons. The van der Waals surface area contributed by atoms with Gasteiger partial charge in [-0.2, -0.15) is 5.26 Å². The highest BCUT2D eigenvalue weighted by atomic mass is 16.6. The van der Waals surface area contributed by atoms with E-state index in [-0.39, 0.29) is 17.0 Å². The number of nitrogens with zero attached hydrogens (tertiary/aromatic N) is 2. The van der Waals surface area contributed by atoms with Crippen LogP contribution in [-0.4, -0.2) is 10.9 Å². The number of carbonyl (C=O) groups is 1. The van der Waals surface area contributed by atoms with Crippen molar-refractivity contribution in [2.45, 2.75) is 6.92 Å². The van der Waals surface area contributed by atoms with Crippen LogP contribution in [0.2, 0.25) is 0 Å². The quantitative estimate of drug-likeness (QED) is 0.315. The number of non-ortho nitro benzene ring substituents is 1. The summed E-state index contributed by atoms with van der Waals surface area (Å²) in [6.45, 7) is 1.18. The van der Waals surface area contributed by atoms with E-state index in [0.717, 1.165) is 6.07 Å². The normalized spacial score (nSPS) is 9.07. The van der Waals surface area contributed by atoms with Gasteiger partial charge in [0.05, 0.1) is 4.92 Å². The van der Waals surface area contributed by atoms with Crippen LogP contribution in [0.15, 0.2) is 18.2 Å². The Morgan fingerprint density at radius 3 is 2.73 bits per heavy atom. The number of benzene rings is 1. The minimum atomic E-state index is -0.627. The molecule has 0 amide bonds. The number of esters is 1. The van der Waals surface area contributed by atoms with Gasteiger partial charge in [-0.3, -0.25) is 14.9 Å². The zero-order valence-electron chi connectivity index (χ0n) is 7.76. The average Bonchev–Trinajstić information content (AvgIpc) is 2.17. The molecule has 0 N–H and O–H groups in total. The predicted molar refractivity (Wildman–Crippen MR) is 49.1 cm³/mol. The molecule has 0 aliphatic heterocycles. The molecule has 1 aromatic carbocycles. The van der Waals surface area contributed by atoms with Crippen molar-refractivity contribution in [3.8, 4) is 11.8 Å². The summed E-state index contributed by atoms with van der Waals surface area (Å²) >= 11 is 0. The van der Waals surface area contributed by atoms with Crippen LogP contribution in [0.25, 0.3) is 0 Å². The van der Waals surface area contributed by atoms with E-state index >= 15 is 0 Å². The molecular formula is C9H6N2O4. The molecule has 1 aromatic rings. The standard InChI is InChI=1S/C9H6N2O4/c1-6(12)15-9-3-2-8(11(13)14)4-7(9)5-10/h2-4H,1H3. The zero-order chi connectivity index (χ0) is 11.4. The number of ether oxygens (including phenoxy) is 1. The van der Waals surface area contributed by atoms with Crippen molar-refractivity contribution in [3.63, 3.8) is 0 Å². The van der Waals surface area contributed by atoms with Crippen molar-refractivity contribution in [1.29, 1.82) is 5.26 Å². The van der Waals surface area contributed by atoms with E-state index in [2.05, 4.69) is 4.74 Å². The Morgan fingerprint density at radius 2 is 2.27 bits per heavy atom. The third-order valence-corrected chi connectivity index (χ3v) is 1.55. The van der Waals surface area contributed by atoms with Crippen molar-refractivity contribution in [1.82, 2.24) is 0 Å². The second-order valence-corrected chi connectivity index (χ2v) is 2.64. The number of nitro benzene ring substituents is 1. The van der Waals surface area contributed by atoms with Crippen molar-refractivity contribution >= 4 is 11.7 Å². The molecule has 0 bridgehead atoms. The van der Waals surface area contributed by atoms with Crippen molar-refractivity contribution in [2.75, 3.05) is 0 Å². The van der Waals surface area contributed by atoms with E-state index in [1.54, 1.807) is 6.07 Å². The third kappa shape index (κ3) is 2.51. The van der Waals surface area contributed by atoms with Gasteiger partial charge in [0, 0.05) is 19.1 Å². The Labute approximate surface area is 84.8 Å². The van der Waals surface area contributed by atoms with E-state index < -0.39 is 10.9 Å². The Balaban J connectivity index is 3.16. The zero-order valence-corrected chi connectivity index (χ0v) is 7.76. The summed E-state index contributed by atoms with van der Waals surface area (Å²) in [6, 6.07) is 5.15. The molecule has 6 heteroatoms. The number of hydrogen-bond acceptors (Lipinski definition) is 5. The molecule has 0 aliphatic rings. The van der Waals surface area contributed by atoms with Crippen LogP contribution in [0.1, 0.15) is 12.5 Å². The summed E-state index contributed by atoms with van der Waals surface area (Å²) in [4.78, 5) is 20.4. The fourth-order valence-corrected chi connectivity index (χ4v) is 0.963. The highest BCUT2D eigenvalue weighted by Crippen LogP contribution is 2.23. The first kappa shape index (κ1) is 10.7. The second-order valence-electron chi connectivity index (χ2n) is 2.64. The first-order chi connectivity index (χ1) is 7.04. The number of nitriles is 1. The van der Waals surface area contributed by atoms with Gasteiger partial charge in [-0.15, -0.1) is 0 Å². The Kier molecular flexibility index (Phi) is 2.98. The minimum Gasteiger partial charge on any atom is -0.425 e. The molecule has 0 aliphatic carbocycles. The number of hydrogen-bond donors (Lipinski definition) is 0. The Hall–Kier alpha value is -2.42. The molecule has 0 unspecified atom stereocenters. The molecule has 15 heavy (non-hydrogen) atoms. The lowest BCUT2D eigenvalue weighted by Crippen LogP contribution is -2.03. The molecule has 1 rings (SSSR count). The fourth-order valence-electron chi connectivity index (χ4n) is 0.963. The highest BCUT2D eigenvalue weighted by molar-refractivity contribution is 5.70. The molecule has 0 fully saturated rings. The van der Waals surface area contributed by atoms with Crippen LogP contribution in [0.4, 0.5) is 5.69 Å². The van der Waals surface area contributed by atoms with Crippen LogP contribution in [0, 0.1) is 21.4 Å². The molecule has 0 saturated carbocycles. The van der Waals surface area contributed by atoms with Crippen LogP contribution in [-0.2, 0) is 4.79 Å². The average molecular weight is 206 g/mol. The molecule has 0 saturated heterocycles. The summed E-state index contributed by atoms with van der Waals surface area (Å²) in [5, 5.41) is 19.1. The van der Waals surface area contributed by atoms with Crippen molar-refractivity contribution < 1.29 is 14.5 Å². The maximum atomic E-state index is 10.6. The summed E-state index contributed by atoms with van der Waals surface area (Å²) in [6.07, 6.45) is 0. The van der Waals surface area contributed by atoms with Crippen LogP contribution >= 0.6 is 0 Å². The van der Waals surface area contributed by atoms with Gasteiger partial charge in [0.1, 0.15) is 17.4 Å². The van der Waals surface area contributed by atoms with Gasteiger partial charge in [-0.1, -0.05) is 0 Å². The summed E-state index contributed by atoms with van der Waals surface area (Å²) in [5.74, 6) is -0.559. The molecule has 6 nitrogen and oxygen atoms in total. The van der Waals surface area contributed by atoms with Gasteiger partial charge in [0.2, 0.25) is 0 Å². The van der Waals surface area contributed by atoms with Gasteiger partial charge < -0.3 is 4.74 Å². The largest absolute Gasteiger partial charge is 0.425 e. The maximum Gasteiger partial charge on any atom is 0.308 e. The molecule has 0 aromatic heterocycles. The summed E-state index contributed by atoms with van der Waals surface area (Å²) in [5.41, 5.74) is -0.262. The molecule has 0 heterocycles. The van der Waals surface area contributed by atoms with Gasteiger partial charge in [0.15, 0.2) is 0 Å². The van der Waals surface area contributed by atoms with E-state index in [0.29, 0.717) is 0 Å². The summed E-state index contributed by atoms with van der Waals surface area (Å²) < 4.78 is 4.69. The van der Waals surface area contributed by atoms with Crippen LogP contribution in [0.3, 0.4) is 0 Å². The minimum absolute atomic E-state index is 0.0237. The topological polar surface area (TPSA) is 93.2 Å². The molecule has 0 atom stereocenters. The second kappa shape index (κ2) is 4.19. The third-order valence-electron chi connectivity index (χ3n) is 1.55. The first-order valence-electron chi connectivity index (χ1n) is 3.91. The first-order valence-corrected chi connectivity index (χ1v) is 3.91. The van der Waals surface area contributed by atoms with Crippen LogP contribution in [0.5, 0.6) is 5.75 Å². The molecule has 0 spiro atoms. The van der Waals surface area contributed by atoms with E-state index in [4.69, 9.17) is 5.26 Å². The Bertz CT molecular complexity index is 462. The number of nitro groups is 1. The van der Waals surface area contributed by atoms with Gasteiger partial charge in [-0.25, -0.2) is 0 Å². The highest BCUT2D eigenvalue weighted by Gasteiger charge is 2.12. The van der Waals surface area contributed by atoms with Crippen LogP contribution < -0.4 is 4.74 Å². The lowest BCUT2D eigenvalue weighted by molar-refractivity contribution is -0.384. The van der Waals surface area contributed by atoms with Crippen molar-refractivity contribution in [3.05, 3.63) is 33.9 Å². The lowest BCUT2D eigenvalue weighted by atomic mass is 10.2.